The second-order valence-electron chi connectivity index (χ2n) is 4.89. The third-order valence-electron chi connectivity index (χ3n) is 3.56. The lowest BCUT2D eigenvalue weighted by atomic mass is 9.93. The third kappa shape index (κ3) is 4.93. The minimum atomic E-state index is 0.454. The maximum absolute atomic E-state index is 11.1. The molecule has 1 aliphatic rings. The second kappa shape index (κ2) is 7.61. The summed E-state index contributed by atoms with van der Waals surface area (Å²) < 4.78 is 0. The van der Waals surface area contributed by atoms with Crippen molar-refractivity contribution >= 4 is 5.78 Å². The van der Waals surface area contributed by atoms with Crippen LogP contribution in [0.1, 0.15) is 51.4 Å². The Morgan fingerprint density at radius 3 is 2.62 bits per heavy atom. The first-order valence-corrected chi connectivity index (χ1v) is 6.57. The Labute approximate surface area is 99.7 Å². The van der Waals surface area contributed by atoms with E-state index in [2.05, 4.69) is 18.5 Å². The van der Waals surface area contributed by atoms with E-state index >= 15 is 0 Å². The molecule has 1 fully saturated rings. The number of carbonyl (C=O) groups excluding carboxylic acids is 1. The predicted molar refractivity (Wildman–Crippen MR) is 68.6 cm³/mol. The van der Waals surface area contributed by atoms with Crippen LogP contribution in [-0.4, -0.2) is 30.3 Å². The molecule has 16 heavy (non-hydrogen) atoms. The number of allylic oxidation sites excluding steroid dienone is 1. The normalized spacial score (nSPS) is 18.0. The van der Waals surface area contributed by atoms with E-state index in [1.54, 1.807) is 0 Å². The summed E-state index contributed by atoms with van der Waals surface area (Å²) in [4.78, 5) is 13.6. The molecule has 92 valence electrons. The van der Waals surface area contributed by atoms with Crippen LogP contribution in [0.3, 0.4) is 0 Å². The number of Topliss-reactive ketones (excluding diaryl/α,β-unsaturated/α-hetero) is 1. The van der Waals surface area contributed by atoms with Gasteiger partial charge in [-0.05, 0) is 45.7 Å². The Morgan fingerprint density at radius 2 is 2.00 bits per heavy atom. The average molecular weight is 223 g/mol. The van der Waals surface area contributed by atoms with E-state index in [9.17, 15) is 4.79 Å². The molecule has 0 unspecified atom stereocenters. The molecular formula is C14H25NO. The van der Waals surface area contributed by atoms with Crippen LogP contribution in [-0.2, 0) is 4.79 Å². The Balaban J connectivity index is 2.07. The molecule has 0 N–H and O–H groups in total. The fourth-order valence-corrected chi connectivity index (χ4v) is 2.37. The zero-order chi connectivity index (χ0) is 11.8. The molecule has 2 heteroatoms. The summed E-state index contributed by atoms with van der Waals surface area (Å²) in [6.45, 7) is 4.91. The smallest absolute Gasteiger partial charge is 0.133 e. The molecule has 0 radical (unpaired) electrons. The highest BCUT2D eigenvalue weighted by molar-refractivity contribution is 5.79. The van der Waals surface area contributed by atoms with Crippen molar-refractivity contribution in [3.63, 3.8) is 0 Å². The molecule has 0 amide bonds. The number of hydrogen-bond acceptors (Lipinski definition) is 2. The number of rotatable bonds is 7. The molecular weight excluding hydrogens is 198 g/mol. The standard InChI is InChI=1S/C14H25NO/c1-3-4-5-6-7-12-15(2)13-8-10-14(16)11-9-13/h3,13H,1,4-12H2,2H3. The number of nitrogens with zero attached hydrogens (tertiary/aromatic N) is 1. The van der Waals surface area contributed by atoms with Crippen LogP contribution in [0.2, 0.25) is 0 Å². The molecule has 0 atom stereocenters. The van der Waals surface area contributed by atoms with Crippen molar-refractivity contribution in [2.75, 3.05) is 13.6 Å². The molecule has 0 aromatic heterocycles. The van der Waals surface area contributed by atoms with Crippen molar-refractivity contribution in [1.82, 2.24) is 4.90 Å². The second-order valence-corrected chi connectivity index (χ2v) is 4.89. The maximum atomic E-state index is 11.1. The minimum Gasteiger partial charge on any atom is -0.303 e. The van der Waals surface area contributed by atoms with E-state index in [0.717, 1.165) is 32.1 Å². The van der Waals surface area contributed by atoms with Crippen molar-refractivity contribution in [3.05, 3.63) is 12.7 Å². The van der Waals surface area contributed by atoms with Crippen molar-refractivity contribution in [1.29, 1.82) is 0 Å². The molecule has 2 nitrogen and oxygen atoms in total. The summed E-state index contributed by atoms with van der Waals surface area (Å²) in [6.07, 6.45) is 10.7. The van der Waals surface area contributed by atoms with Gasteiger partial charge in [-0.2, -0.15) is 0 Å². The summed E-state index contributed by atoms with van der Waals surface area (Å²) in [5.41, 5.74) is 0. The van der Waals surface area contributed by atoms with Crippen LogP contribution in [0.15, 0.2) is 12.7 Å². The Morgan fingerprint density at radius 1 is 1.31 bits per heavy atom. The lowest BCUT2D eigenvalue weighted by Crippen LogP contribution is -2.35. The van der Waals surface area contributed by atoms with E-state index in [1.807, 2.05) is 6.08 Å². The molecule has 0 spiro atoms. The van der Waals surface area contributed by atoms with Gasteiger partial charge in [-0.15, -0.1) is 6.58 Å². The lowest BCUT2D eigenvalue weighted by molar-refractivity contribution is -0.121. The number of carbonyl (C=O) groups is 1. The molecule has 1 saturated carbocycles. The quantitative estimate of drug-likeness (QED) is 0.488. The minimum absolute atomic E-state index is 0.454. The predicted octanol–water partition coefficient (Wildman–Crippen LogP) is 3.18. The summed E-state index contributed by atoms with van der Waals surface area (Å²) in [7, 11) is 2.20. The van der Waals surface area contributed by atoms with Crippen LogP contribution in [0.25, 0.3) is 0 Å². The van der Waals surface area contributed by atoms with Gasteiger partial charge in [-0.25, -0.2) is 0 Å². The van der Waals surface area contributed by atoms with E-state index in [0.29, 0.717) is 11.8 Å². The summed E-state index contributed by atoms with van der Waals surface area (Å²) >= 11 is 0. The van der Waals surface area contributed by atoms with E-state index < -0.39 is 0 Å². The fourth-order valence-electron chi connectivity index (χ4n) is 2.37. The van der Waals surface area contributed by atoms with Crippen LogP contribution in [0.5, 0.6) is 0 Å². The third-order valence-corrected chi connectivity index (χ3v) is 3.56. The van der Waals surface area contributed by atoms with Gasteiger partial charge >= 0.3 is 0 Å². The van der Waals surface area contributed by atoms with Gasteiger partial charge < -0.3 is 4.90 Å². The van der Waals surface area contributed by atoms with Crippen molar-refractivity contribution in [3.8, 4) is 0 Å². The van der Waals surface area contributed by atoms with E-state index in [1.165, 1.54) is 25.8 Å². The molecule has 0 aliphatic heterocycles. The van der Waals surface area contributed by atoms with E-state index in [4.69, 9.17) is 0 Å². The van der Waals surface area contributed by atoms with Gasteiger partial charge in [-0.1, -0.05) is 12.5 Å². The topological polar surface area (TPSA) is 20.3 Å². The van der Waals surface area contributed by atoms with Gasteiger partial charge in [0.05, 0.1) is 0 Å². The van der Waals surface area contributed by atoms with E-state index in [-0.39, 0.29) is 0 Å². The Kier molecular flexibility index (Phi) is 6.39. The molecule has 0 heterocycles. The highest BCUT2D eigenvalue weighted by Crippen LogP contribution is 2.19. The first kappa shape index (κ1) is 13.4. The Bertz CT molecular complexity index is 215. The first-order valence-electron chi connectivity index (χ1n) is 6.57. The molecule has 1 aliphatic carbocycles. The number of ketones is 1. The SMILES string of the molecule is C=CCCCCCN(C)C1CCC(=O)CC1. The Hall–Kier alpha value is -0.630. The van der Waals surface area contributed by atoms with Crippen molar-refractivity contribution in [2.24, 2.45) is 0 Å². The van der Waals surface area contributed by atoms with Gasteiger partial charge in [-0.3, -0.25) is 4.79 Å². The van der Waals surface area contributed by atoms with Gasteiger partial charge in [0, 0.05) is 18.9 Å². The van der Waals surface area contributed by atoms with Gasteiger partial charge in [0.1, 0.15) is 5.78 Å². The fraction of sp³-hybridized carbons (Fsp3) is 0.786. The molecule has 0 aromatic rings. The number of unbranched alkanes of at least 4 members (excludes halogenated alkanes) is 3. The van der Waals surface area contributed by atoms with Crippen molar-refractivity contribution in [2.45, 2.75) is 57.4 Å². The summed E-state index contributed by atoms with van der Waals surface area (Å²) in [5, 5.41) is 0. The highest BCUT2D eigenvalue weighted by Gasteiger charge is 2.21. The zero-order valence-electron chi connectivity index (χ0n) is 10.6. The lowest BCUT2D eigenvalue weighted by Gasteiger charge is -2.30. The summed E-state index contributed by atoms with van der Waals surface area (Å²) in [5.74, 6) is 0.454. The van der Waals surface area contributed by atoms with Gasteiger partial charge in [0.2, 0.25) is 0 Å². The van der Waals surface area contributed by atoms with Gasteiger partial charge in [0.25, 0.3) is 0 Å². The first-order chi connectivity index (χ1) is 7.74. The molecule has 1 rings (SSSR count). The highest BCUT2D eigenvalue weighted by atomic mass is 16.1. The largest absolute Gasteiger partial charge is 0.303 e. The molecule has 0 bridgehead atoms. The summed E-state index contributed by atoms with van der Waals surface area (Å²) in [6, 6.07) is 0.650. The maximum Gasteiger partial charge on any atom is 0.133 e. The van der Waals surface area contributed by atoms with Gasteiger partial charge in [0.15, 0.2) is 0 Å². The van der Waals surface area contributed by atoms with Crippen molar-refractivity contribution < 1.29 is 4.79 Å². The number of hydrogen-bond donors (Lipinski definition) is 0. The average Bonchev–Trinajstić information content (AvgIpc) is 2.29. The van der Waals surface area contributed by atoms with Crippen LogP contribution < -0.4 is 0 Å². The molecule has 0 aromatic carbocycles. The van der Waals surface area contributed by atoms with Crippen LogP contribution in [0.4, 0.5) is 0 Å². The van der Waals surface area contributed by atoms with Crippen LogP contribution >= 0.6 is 0 Å². The zero-order valence-corrected chi connectivity index (χ0v) is 10.6. The molecule has 0 saturated heterocycles. The van der Waals surface area contributed by atoms with Crippen LogP contribution in [0, 0.1) is 0 Å². The monoisotopic (exact) mass is 223 g/mol.